The van der Waals surface area contributed by atoms with E-state index in [0.717, 1.165) is 55.1 Å². The van der Waals surface area contributed by atoms with Crippen molar-refractivity contribution in [1.82, 2.24) is 19.6 Å². The summed E-state index contributed by atoms with van der Waals surface area (Å²) in [7, 11) is 2.02. The molecule has 3 rings (SSSR count). The van der Waals surface area contributed by atoms with Crippen LogP contribution in [0.1, 0.15) is 48.5 Å². The Balaban J connectivity index is 1.65. The van der Waals surface area contributed by atoms with Crippen LogP contribution in [0.15, 0.2) is 16.9 Å². The molecule has 1 saturated heterocycles. The SMILES string of the molecule is Cc1noc(C)c1CC(=O)N1CCCC[C@H]1CCc1nccn1C. The minimum absolute atomic E-state index is 0.189. The highest BCUT2D eigenvalue weighted by Gasteiger charge is 2.28. The molecule has 0 spiro atoms. The summed E-state index contributed by atoms with van der Waals surface area (Å²) in [5, 5.41) is 3.96. The minimum Gasteiger partial charge on any atom is -0.361 e. The molecule has 130 valence electrons. The van der Waals surface area contributed by atoms with E-state index in [2.05, 4.69) is 19.6 Å². The van der Waals surface area contributed by atoms with E-state index in [1.807, 2.05) is 33.3 Å². The Bertz CT molecular complexity index is 684. The lowest BCUT2D eigenvalue weighted by Crippen LogP contribution is -2.44. The molecular formula is C18H26N4O2. The molecule has 0 bridgehead atoms. The van der Waals surface area contributed by atoms with Gasteiger partial charge in [-0.3, -0.25) is 4.79 Å². The largest absolute Gasteiger partial charge is 0.361 e. The first-order chi connectivity index (χ1) is 11.6. The van der Waals surface area contributed by atoms with E-state index in [1.54, 1.807) is 0 Å². The summed E-state index contributed by atoms with van der Waals surface area (Å²) in [6, 6.07) is 0.309. The Kier molecular flexibility index (Phi) is 5.02. The molecule has 6 nitrogen and oxygen atoms in total. The molecule has 1 aliphatic rings. The lowest BCUT2D eigenvalue weighted by Gasteiger charge is -2.36. The van der Waals surface area contributed by atoms with Gasteiger partial charge in [0.05, 0.1) is 12.1 Å². The third-order valence-corrected chi connectivity index (χ3v) is 5.08. The number of imidazole rings is 1. The Hall–Kier alpha value is -2.11. The van der Waals surface area contributed by atoms with Crippen LogP contribution >= 0.6 is 0 Å². The number of hydrogen-bond donors (Lipinski definition) is 0. The van der Waals surface area contributed by atoms with Crippen molar-refractivity contribution in [2.75, 3.05) is 6.54 Å². The van der Waals surface area contributed by atoms with Gasteiger partial charge in [-0.2, -0.15) is 0 Å². The highest BCUT2D eigenvalue weighted by molar-refractivity contribution is 5.79. The molecule has 6 heteroatoms. The van der Waals surface area contributed by atoms with Crippen LogP contribution in [0, 0.1) is 13.8 Å². The molecule has 3 heterocycles. The molecule has 1 aliphatic heterocycles. The molecule has 0 aliphatic carbocycles. The van der Waals surface area contributed by atoms with E-state index in [4.69, 9.17) is 4.52 Å². The second kappa shape index (κ2) is 7.20. The zero-order chi connectivity index (χ0) is 17.1. The predicted molar refractivity (Wildman–Crippen MR) is 90.6 cm³/mol. The number of carbonyl (C=O) groups excluding carboxylic acids is 1. The quantitative estimate of drug-likeness (QED) is 0.845. The maximum Gasteiger partial charge on any atom is 0.227 e. The van der Waals surface area contributed by atoms with Gasteiger partial charge in [-0.1, -0.05) is 5.16 Å². The highest BCUT2D eigenvalue weighted by Crippen LogP contribution is 2.23. The van der Waals surface area contributed by atoms with Gasteiger partial charge >= 0.3 is 0 Å². The van der Waals surface area contributed by atoms with Crippen molar-refractivity contribution in [3.05, 3.63) is 35.2 Å². The van der Waals surface area contributed by atoms with Gasteiger partial charge in [0.2, 0.25) is 5.91 Å². The molecule has 1 amide bonds. The summed E-state index contributed by atoms with van der Waals surface area (Å²) < 4.78 is 7.24. The summed E-state index contributed by atoms with van der Waals surface area (Å²) in [6.07, 6.45) is 9.43. The predicted octanol–water partition coefficient (Wildman–Crippen LogP) is 2.58. The molecule has 0 unspecified atom stereocenters. The van der Waals surface area contributed by atoms with Gasteiger partial charge in [-0.05, 0) is 39.5 Å². The van der Waals surface area contributed by atoms with Crippen LogP contribution in [0.5, 0.6) is 0 Å². The first-order valence-corrected chi connectivity index (χ1v) is 8.73. The number of likely N-dealkylation sites (tertiary alicyclic amines) is 1. The number of carbonyl (C=O) groups is 1. The number of hydrogen-bond acceptors (Lipinski definition) is 4. The zero-order valence-electron chi connectivity index (χ0n) is 14.8. The van der Waals surface area contributed by atoms with Gasteiger partial charge < -0.3 is 14.0 Å². The van der Waals surface area contributed by atoms with Crippen LogP contribution in [0.2, 0.25) is 0 Å². The number of nitrogens with zero attached hydrogens (tertiary/aromatic N) is 4. The van der Waals surface area contributed by atoms with Gasteiger partial charge in [0.1, 0.15) is 11.6 Å². The lowest BCUT2D eigenvalue weighted by atomic mass is 9.96. The van der Waals surface area contributed by atoms with Crippen molar-refractivity contribution in [2.24, 2.45) is 7.05 Å². The van der Waals surface area contributed by atoms with Gasteiger partial charge in [-0.15, -0.1) is 0 Å². The Morgan fingerprint density at radius 1 is 1.38 bits per heavy atom. The van der Waals surface area contributed by atoms with Crippen molar-refractivity contribution in [2.45, 2.75) is 58.4 Å². The molecule has 1 fully saturated rings. The van der Waals surface area contributed by atoms with Crippen molar-refractivity contribution in [1.29, 1.82) is 0 Å². The molecule has 2 aromatic rings. The van der Waals surface area contributed by atoms with Crippen LogP contribution in [-0.2, 0) is 24.7 Å². The lowest BCUT2D eigenvalue weighted by molar-refractivity contribution is -0.134. The molecule has 1 atom stereocenters. The van der Waals surface area contributed by atoms with E-state index in [-0.39, 0.29) is 5.91 Å². The second-order valence-corrected chi connectivity index (χ2v) is 6.71. The van der Waals surface area contributed by atoms with E-state index < -0.39 is 0 Å². The average Bonchev–Trinajstić information content (AvgIpc) is 3.13. The summed E-state index contributed by atoms with van der Waals surface area (Å²) in [6.45, 7) is 4.62. The fourth-order valence-corrected chi connectivity index (χ4v) is 3.57. The van der Waals surface area contributed by atoms with Gasteiger partial charge in [-0.25, -0.2) is 4.98 Å². The first-order valence-electron chi connectivity index (χ1n) is 8.73. The summed E-state index contributed by atoms with van der Waals surface area (Å²) in [4.78, 5) is 19.3. The van der Waals surface area contributed by atoms with Crippen LogP contribution in [0.4, 0.5) is 0 Å². The van der Waals surface area contributed by atoms with Gasteiger partial charge in [0.15, 0.2) is 0 Å². The second-order valence-electron chi connectivity index (χ2n) is 6.71. The molecule has 0 aromatic carbocycles. The standard InChI is InChI=1S/C18H26N4O2/c1-13-16(14(2)24-20-13)12-18(23)22-10-5-4-6-15(22)7-8-17-19-9-11-21(17)3/h9,11,15H,4-8,10,12H2,1-3H3/t15-/m0/s1. The van der Waals surface area contributed by atoms with E-state index in [0.29, 0.717) is 12.5 Å². The number of rotatable bonds is 5. The Labute approximate surface area is 142 Å². The maximum absolute atomic E-state index is 12.8. The van der Waals surface area contributed by atoms with Crippen LogP contribution < -0.4 is 0 Å². The smallest absolute Gasteiger partial charge is 0.227 e. The number of aromatic nitrogens is 3. The number of piperidine rings is 1. The van der Waals surface area contributed by atoms with E-state index in [1.165, 1.54) is 6.42 Å². The third-order valence-electron chi connectivity index (χ3n) is 5.08. The van der Waals surface area contributed by atoms with Crippen molar-refractivity contribution in [3.8, 4) is 0 Å². The monoisotopic (exact) mass is 330 g/mol. The zero-order valence-corrected chi connectivity index (χ0v) is 14.8. The summed E-state index contributed by atoms with van der Waals surface area (Å²) in [5.74, 6) is 2.02. The van der Waals surface area contributed by atoms with Crippen molar-refractivity contribution >= 4 is 5.91 Å². The molecule has 0 N–H and O–H groups in total. The van der Waals surface area contributed by atoms with Crippen LogP contribution in [0.25, 0.3) is 0 Å². The van der Waals surface area contributed by atoms with Crippen LogP contribution in [0.3, 0.4) is 0 Å². The molecule has 24 heavy (non-hydrogen) atoms. The van der Waals surface area contributed by atoms with E-state index >= 15 is 0 Å². The Morgan fingerprint density at radius 3 is 2.88 bits per heavy atom. The molecule has 0 saturated carbocycles. The molecule has 2 aromatic heterocycles. The fourth-order valence-electron chi connectivity index (χ4n) is 3.57. The number of aryl methyl sites for hydroxylation is 4. The fraction of sp³-hybridized carbons (Fsp3) is 0.611. The maximum atomic E-state index is 12.8. The van der Waals surface area contributed by atoms with E-state index in [9.17, 15) is 4.79 Å². The normalized spacial score (nSPS) is 18.1. The summed E-state index contributed by atoms with van der Waals surface area (Å²) >= 11 is 0. The Morgan fingerprint density at radius 2 is 2.21 bits per heavy atom. The molecule has 0 radical (unpaired) electrons. The topological polar surface area (TPSA) is 64.2 Å². The van der Waals surface area contributed by atoms with Gasteiger partial charge in [0, 0.05) is 44.0 Å². The minimum atomic E-state index is 0.189. The first kappa shape index (κ1) is 16.7. The van der Waals surface area contributed by atoms with Gasteiger partial charge in [0.25, 0.3) is 0 Å². The summed E-state index contributed by atoms with van der Waals surface area (Å²) in [5.41, 5.74) is 1.76. The highest BCUT2D eigenvalue weighted by atomic mass is 16.5. The van der Waals surface area contributed by atoms with Crippen molar-refractivity contribution < 1.29 is 9.32 Å². The third kappa shape index (κ3) is 3.52. The molecular weight excluding hydrogens is 304 g/mol. The number of amides is 1. The average molecular weight is 330 g/mol. The van der Waals surface area contributed by atoms with Crippen molar-refractivity contribution in [3.63, 3.8) is 0 Å². The van der Waals surface area contributed by atoms with Crippen LogP contribution in [-0.4, -0.2) is 38.1 Å².